The Labute approximate surface area is 153 Å². The van der Waals surface area contributed by atoms with Gasteiger partial charge in [0.1, 0.15) is 5.82 Å². The highest BCUT2D eigenvalue weighted by molar-refractivity contribution is 5.62. The molecule has 1 aromatic heterocycles. The van der Waals surface area contributed by atoms with E-state index >= 15 is 0 Å². The lowest BCUT2D eigenvalue weighted by molar-refractivity contribution is 0.249. The topological polar surface area (TPSA) is 19.4 Å². The van der Waals surface area contributed by atoms with Crippen LogP contribution in [0.2, 0.25) is 0 Å². The van der Waals surface area contributed by atoms with Gasteiger partial charge in [0, 0.05) is 50.7 Å². The zero-order valence-corrected chi connectivity index (χ0v) is 14.7. The van der Waals surface area contributed by atoms with Crippen molar-refractivity contribution in [2.45, 2.75) is 6.54 Å². The fourth-order valence-electron chi connectivity index (χ4n) is 3.48. The molecule has 0 atom stereocenters. The van der Waals surface area contributed by atoms with Crippen molar-refractivity contribution >= 4 is 5.69 Å². The van der Waals surface area contributed by atoms with Gasteiger partial charge in [-0.15, -0.1) is 0 Å². The molecule has 4 heteroatoms. The molecule has 1 fully saturated rings. The maximum atomic E-state index is 14.0. The number of benzene rings is 2. The Morgan fingerprint density at radius 3 is 2.31 bits per heavy atom. The monoisotopic (exact) mass is 347 g/mol. The van der Waals surface area contributed by atoms with Crippen LogP contribution in [-0.4, -0.2) is 36.1 Å². The number of para-hydroxylation sites is 1. The minimum absolute atomic E-state index is 0.138. The molecule has 0 amide bonds. The Morgan fingerprint density at radius 2 is 1.54 bits per heavy atom. The van der Waals surface area contributed by atoms with Crippen molar-refractivity contribution in [3.8, 4) is 11.1 Å². The molecule has 0 spiro atoms. The van der Waals surface area contributed by atoms with E-state index in [0.717, 1.165) is 38.3 Å². The van der Waals surface area contributed by atoms with E-state index in [4.69, 9.17) is 0 Å². The van der Waals surface area contributed by atoms with Crippen LogP contribution in [-0.2, 0) is 6.54 Å². The molecule has 0 bridgehead atoms. The van der Waals surface area contributed by atoms with Crippen LogP contribution in [0.5, 0.6) is 0 Å². The highest BCUT2D eigenvalue weighted by atomic mass is 19.1. The summed E-state index contributed by atoms with van der Waals surface area (Å²) in [6.45, 7) is 4.39. The Bertz CT molecular complexity index is 858. The van der Waals surface area contributed by atoms with Crippen molar-refractivity contribution in [1.29, 1.82) is 0 Å². The summed E-state index contributed by atoms with van der Waals surface area (Å²) in [6, 6.07) is 19.6. The van der Waals surface area contributed by atoms with Crippen molar-refractivity contribution < 1.29 is 4.39 Å². The van der Waals surface area contributed by atoms with E-state index in [1.54, 1.807) is 6.07 Å². The van der Waals surface area contributed by atoms with Crippen LogP contribution in [0, 0.1) is 5.82 Å². The standard InChI is InChI=1S/C22H22FN3/c23-21-8-4-5-9-22(21)26-12-10-25(11-13-26)17-18-14-20(16-24-15-18)19-6-2-1-3-7-19/h1-9,14-16H,10-13,17H2. The molecule has 3 aromatic rings. The highest BCUT2D eigenvalue weighted by Gasteiger charge is 2.19. The van der Waals surface area contributed by atoms with Crippen LogP contribution in [0.4, 0.5) is 10.1 Å². The second-order valence-corrected chi connectivity index (χ2v) is 6.66. The smallest absolute Gasteiger partial charge is 0.146 e. The van der Waals surface area contributed by atoms with Crippen LogP contribution >= 0.6 is 0 Å². The molecule has 0 unspecified atom stereocenters. The third kappa shape index (κ3) is 3.75. The molecular formula is C22H22FN3. The van der Waals surface area contributed by atoms with Gasteiger partial charge in [-0.3, -0.25) is 9.88 Å². The number of pyridine rings is 1. The molecule has 132 valence electrons. The number of rotatable bonds is 4. The molecule has 0 N–H and O–H groups in total. The van der Waals surface area contributed by atoms with E-state index in [9.17, 15) is 4.39 Å². The SMILES string of the molecule is Fc1ccccc1N1CCN(Cc2cncc(-c3ccccc3)c2)CC1. The zero-order chi connectivity index (χ0) is 17.8. The molecule has 0 radical (unpaired) electrons. The average molecular weight is 347 g/mol. The summed E-state index contributed by atoms with van der Waals surface area (Å²) in [5, 5.41) is 0. The summed E-state index contributed by atoms with van der Waals surface area (Å²) in [6.07, 6.45) is 3.85. The Morgan fingerprint density at radius 1 is 0.808 bits per heavy atom. The number of piperazine rings is 1. The maximum absolute atomic E-state index is 14.0. The molecule has 1 aliphatic rings. The number of hydrogen-bond donors (Lipinski definition) is 0. The summed E-state index contributed by atoms with van der Waals surface area (Å²) in [4.78, 5) is 8.95. The number of anilines is 1. The van der Waals surface area contributed by atoms with Crippen LogP contribution in [0.3, 0.4) is 0 Å². The molecule has 1 saturated heterocycles. The molecule has 0 aliphatic carbocycles. The van der Waals surface area contributed by atoms with Gasteiger partial charge in [-0.2, -0.15) is 0 Å². The van der Waals surface area contributed by atoms with E-state index < -0.39 is 0 Å². The van der Waals surface area contributed by atoms with Gasteiger partial charge in [0.25, 0.3) is 0 Å². The van der Waals surface area contributed by atoms with Gasteiger partial charge in [-0.05, 0) is 29.3 Å². The third-order valence-corrected chi connectivity index (χ3v) is 4.87. The van der Waals surface area contributed by atoms with Crippen LogP contribution < -0.4 is 4.90 Å². The fourth-order valence-corrected chi connectivity index (χ4v) is 3.48. The molecule has 0 saturated carbocycles. The normalized spacial score (nSPS) is 15.2. The van der Waals surface area contributed by atoms with E-state index in [1.807, 2.05) is 42.7 Å². The van der Waals surface area contributed by atoms with E-state index in [1.165, 1.54) is 17.2 Å². The molecule has 3 nitrogen and oxygen atoms in total. The van der Waals surface area contributed by atoms with E-state index in [0.29, 0.717) is 5.69 Å². The van der Waals surface area contributed by atoms with Crippen LogP contribution in [0.25, 0.3) is 11.1 Å². The summed E-state index contributed by atoms with van der Waals surface area (Å²) in [7, 11) is 0. The maximum Gasteiger partial charge on any atom is 0.146 e. The van der Waals surface area contributed by atoms with Gasteiger partial charge < -0.3 is 4.90 Å². The molecular weight excluding hydrogens is 325 g/mol. The summed E-state index contributed by atoms with van der Waals surface area (Å²) >= 11 is 0. The van der Waals surface area contributed by atoms with Gasteiger partial charge in [-0.25, -0.2) is 4.39 Å². The Kier molecular flexibility index (Phi) is 4.93. The lowest BCUT2D eigenvalue weighted by Crippen LogP contribution is -2.46. The first-order valence-corrected chi connectivity index (χ1v) is 9.01. The van der Waals surface area contributed by atoms with Crippen molar-refractivity contribution in [2.24, 2.45) is 0 Å². The number of halogens is 1. The number of nitrogens with zero attached hydrogens (tertiary/aromatic N) is 3. The summed E-state index contributed by atoms with van der Waals surface area (Å²) in [5.41, 5.74) is 4.25. The minimum Gasteiger partial charge on any atom is -0.367 e. The fraction of sp³-hybridized carbons (Fsp3) is 0.227. The molecule has 2 heterocycles. The van der Waals surface area contributed by atoms with Gasteiger partial charge in [0.05, 0.1) is 5.69 Å². The third-order valence-electron chi connectivity index (χ3n) is 4.87. The average Bonchev–Trinajstić information content (AvgIpc) is 2.70. The lowest BCUT2D eigenvalue weighted by Gasteiger charge is -2.36. The number of aromatic nitrogens is 1. The van der Waals surface area contributed by atoms with Crippen molar-refractivity contribution in [3.63, 3.8) is 0 Å². The first kappa shape index (κ1) is 16.7. The summed E-state index contributed by atoms with van der Waals surface area (Å²) in [5.74, 6) is -0.138. The van der Waals surface area contributed by atoms with Gasteiger partial charge >= 0.3 is 0 Å². The number of hydrogen-bond acceptors (Lipinski definition) is 3. The predicted octanol–water partition coefficient (Wildman–Crippen LogP) is 4.21. The lowest BCUT2D eigenvalue weighted by atomic mass is 10.1. The van der Waals surface area contributed by atoms with E-state index in [2.05, 4.69) is 33.0 Å². The Balaban J connectivity index is 1.40. The van der Waals surface area contributed by atoms with Crippen molar-refractivity contribution in [2.75, 3.05) is 31.1 Å². The molecule has 2 aromatic carbocycles. The van der Waals surface area contributed by atoms with Crippen LogP contribution in [0.15, 0.2) is 73.1 Å². The van der Waals surface area contributed by atoms with Crippen LogP contribution in [0.1, 0.15) is 5.56 Å². The minimum atomic E-state index is -0.138. The van der Waals surface area contributed by atoms with Crippen molar-refractivity contribution in [3.05, 3.63) is 84.4 Å². The van der Waals surface area contributed by atoms with Gasteiger partial charge in [0.2, 0.25) is 0 Å². The highest BCUT2D eigenvalue weighted by Crippen LogP contribution is 2.22. The first-order valence-electron chi connectivity index (χ1n) is 9.01. The zero-order valence-electron chi connectivity index (χ0n) is 14.7. The molecule has 1 aliphatic heterocycles. The summed E-state index contributed by atoms with van der Waals surface area (Å²) < 4.78 is 14.0. The quantitative estimate of drug-likeness (QED) is 0.705. The van der Waals surface area contributed by atoms with Crippen molar-refractivity contribution in [1.82, 2.24) is 9.88 Å². The predicted molar refractivity (Wildman–Crippen MR) is 104 cm³/mol. The van der Waals surface area contributed by atoms with Gasteiger partial charge in [0.15, 0.2) is 0 Å². The molecule has 26 heavy (non-hydrogen) atoms. The van der Waals surface area contributed by atoms with E-state index in [-0.39, 0.29) is 5.82 Å². The largest absolute Gasteiger partial charge is 0.367 e. The molecule has 4 rings (SSSR count). The second kappa shape index (κ2) is 7.67. The van der Waals surface area contributed by atoms with Gasteiger partial charge in [-0.1, -0.05) is 42.5 Å². The Hall–Kier alpha value is -2.72. The second-order valence-electron chi connectivity index (χ2n) is 6.66. The first-order chi connectivity index (χ1) is 12.8.